The number of nitro benzene ring substituents is 1. The first-order valence-corrected chi connectivity index (χ1v) is 4.73. The molecule has 1 aromatic rings. The Bertz CT molecular complexity index is 353. The molecule has 0 aromatic heterocycles. The highest BCUT2D eigenvalue weighted by molar-refractivity contribution is 5.51. The predicted molar refractivity (Wildman–Crippen MR) is 57.0 cm³/mol. The van der Waals surface area contributed by atoms with Gasteiger partial charge < -0.3 is 10.5 Å². The van der Waals surface area contributed by atoms with Crippen molar-refractivity contribution in [1.82, 2.24) is 0 Å². The van der Waals surface area contributed by atoms with Crippen molar-refractivity contribution in [2.75, 3.05) is 13.2 Å². The molecule has 0 fully saturated rings. The van der Waals surface area contributed by atoms with E-state index in [2.05, 4.69) is 0 Å². The number of nitrogens with zero attached hydrogens (tertiary/aromatic N) is 1. The number of ether oxygens (including phenoxy) is 1. The van der Waals surface area contributed by atoms with Crippen molar-refractivity contribution in [2.45, 2.75) is 13.3 Å². The fourth-order valence-corrected chi connectivity index (χ4v) is 1.25. The summed E-state index contributed by atoms with van der Waals surface area (Å²) < 4.78 is 5.30. The second-order valence-electron chi connectivity index (χ2n) is 3.17. The lowest BCUT2D eigenvalue weighted by molar-refractivity contribution is -0.386. The van der Waals surface area contributed by atoms with Gasteiger partial charge in [0.2, 0.25) is 0 Å². The minimum absolute atomic E-state index is 0.0366. The first kappa shape index (κ1) is 11.5. The van der Waals surface area contributed by atoms with Crippen LogP contribution in [0.3, 0.4) is 0 Å². The van der Waals surface area contributed by atoms with E-state index in [-0.39, 0.29) is 5.69 Å². The Morgan fingerprint density at radius 3 is 2.87 bits per heavy atom. The summed E-state index contributed by atoms with van der Waals surface area (Å²) in [6, 6.07) is 5.02. The molecule has 0 radical (unpaired) electrons. The van der Waals surface area contributed by atoms with Gasteiger partial charge in [-0.2, -0.15) is 0 Å². The molecule has 1 aromatic carbocycles. The van der Waals surface area contributed by atoms with Crippen molar-refractivity contribution in [3.8, 4) is 5.75 Å². The maximum Gasteiger partial charge on any atom is 0.313 e. The molecule has 0 aliphatic rings. The van der Waals surface area contributed by atoms with Crippen LogP contribution in [0.2, 0.25) is 0 Å². The molecule has 0 amide bonds. The molecule has 0 saturated carbocycles. The minimum atomic E-state index is -0.423. The Hall–Kier alpha value is -1.62. The molecule has 5 nitrogen and oxygen atoms in total. The Morgan fingerprint density at radius 1 is 1.53 bits per heavy atom. The van der Waals surface area contributed by atoms with Gasteiger partial charge in [0.25, 0.3) is 0 Å². The van der Waals surface area contributed by atoms with Gasteiger partial charge in [-0.3, -0.25) is 10.1 Å². The quantitative estimate of drug-likeness (QED) is 0.455. The lowest BCUT2D eigenvalue weighted by Crippen LogP contribution is -2.07. The molecule has 0 atom stereocenters. The summed E-state index contributed by atoms with van der Waals surface area (Å²) in [7, 11) is 0. The highest BCUT2D eigenvalue weighted by Gasteiger charge is 2.17. The van der Waals surface area contributed by atoms with Gasteiger partial charge in [0.05, 0.1) is 11.5 Å². The molecule has 5 heteroatoms. The average Bonchev–Trinajstić information content (AvgIpc) is 2.17. The van der Waals surface area contributed by atoms with Crippen molar-refractivity contribution < 1.29 is 9.66 Å². The van der Waals surface area contributed by atoms with Gasteiger partial charge in [0, 0.05) is 5.56 Å². The first-order valence-electron chi connectivity index (χ1n) is 4.73. The third-order valence-electron chi connectivity index (χ3n) is 1.99. The number of benzene rings is 1. The van der Waals surface area contributed by atoms with Gasteiger partial charge in [0.1, 0.15) is 0 Å². The second-order valence-corrected chi connectivity index (χ2v) is 3.17. The van der Waals surface area contributed by atoms with Crippen molar-refractivity contribution in [3.63, 3.8) is 0 Å². The van der Waals surface area contributed by atoms with Gasteiger partial charge in [-0.1, -0.05) is 12.1 Å². The Labute approximate surface area is 88.0 Å². The van der Waals surface area contributed by atoms with Gasteiger partial charge in [0.15, 0.2) is 5.75 Å². The van der Waals surface area contributed by atoms with E-state index >= 15 is 0 Å². The number of hydrogen-bond donors (Lipinski definition) is 1. The van der Waals surface area contributed by atoms with Crippen LogP contribution in [-0.4, -0.2) is 18.1 Å². The van der Waals surface area contributed by atoms with Crippen molar-refractivity contribution in [2.24, 2.45) is 5.73 Å². The number of nitrogens with two attached hydrogens (primary N) is 1. The Morgan fingerprint density at radius 2 is 2.27 bits per heavy atom. The molecule has 2 N–H and O–H groups in total. The molecule has 82 valence electrons. The number of hydrogen-bond acceptors (Lipinski definition) is 4. The topological polar surface area (TPSA) is 78.4 Å². The van der Waals surface area contributed by atoms with Crippen LogP contribution in [0.25, 0.3) is 0 Å². The fourth-order valence-electron chi connectivity index (χ4n) is 1.25. The van der Waals surface area contributed by atoms with Crippen LogP contribution < -0.4 is 10.5 Å². The number of aryl methyl sites for hydroxylation is 1. The molecule has 0 aliphatic heterocycles. The molecule has 1 rings (SSSR count). The van der Waals surface area contributed by atoms with Gasteiger partial charge in [-0.25, -0.2) is 0 Å². The number of rotatable bonds is 5. The van der Waals surface area contributed by atoms with Crippen LogP contribution in [0.5, 0.6) is 5.75 Å². The zero-order chi connectivity index (χ0) is 11.3. The van der Waals surface area contributed by atoms with Gasteiger partial charge in [-0.15, -0.1) is 0 Å². The fraction of sp³-hybridized carbons (Fsp3) is 0.400. The summed E-state index contributed by atoms with van der Waals surface area (Å²) in [4.78, 5) is 10.4. The van der Waals surface area contributed by atoms with E-state index in [0.29, 0.717) is 30.9 Å². The largest absolute Gasteiger partial charge is 0.487 e. The van der Waals surface area contributed by atoms with E-state index in [4.69, 9.17) is 10.5 Å². The van der Waals surface area contributed by atoms with E-state index < -0.39 is 4.92 Å². The molecule has 0 heterocycles. The first-order chi connectivity index (χ1) is 7.16. The standard InChI is InChI=1S/C10H14N2O3/c1-8-4-2-5-9(10(8)12(13)14)15-7-3-6-11/h2,4-5H,3,6-7,11H2,1H3. The monoisotopic (exact) mass is 210 g/mol. The average molecular weight is 210 g/mol. The highest BCUT2D eigenvalue weighted by Crippen LogP contribution is 2.29. The van der Waals surface area contributed by atoms with Crippen molar-refractivity contribution >= 4 is 5.69 Å². The van der Waals surface area contributed by atoms with E-state index in [1.165, 1.54) is 0 Å². The summed E-state index contributed by atoms with van der Waals surface area (Å²) in [6.45, 7) is 2.61. The van der Waals surface area contributed by atoms with Crippen LogP contribution in [0.1, 0.15) is 12.0 Å². The minimum Gasteiger partial charge on any atom is -0.487 e. The van der Waals surface area contributed by atoms with E-state index in [9.17, 15) is 10.1 Å². The Balaban J connectivity index is 2.86. The molecule has 0 aliphatic carbocycles. The molecule has 0 saturated heterocycles. The third kappa shape index (κ3) is 2.92. The van der Waals surface area contributed by atoms with E-state index in [0.717, 1.165) is 0 Å². The molecule has 15 heavy (non-hydrogen) atoms. The van der Waals surface area contributed by atoms with Gasteiger partial charge >= 0.3 is 5.69 Å². The maximum atomic E-state index is 10.8. The number of para-hydroxylation sites is 1. The van der Waals surface area contributed by atoms with Crippen LogP contribution in [0, 0.1) is 17.0 Å². The van der Waals surface area contributed by atoms with Crippen LogP contribution in [0.4, 0.5) is 5.69 Å². The van der Waals surface area contributed by atoms with Crippen LogP contribution >= 0.6 is 0 Å². The molecular formula is C10H14N2O3. The predicted octanol–water partition coefficient (Wildman–Crippen LogP) is 1.63. The Kier molecular flexibility index (Phi) is 4.05. The summed E-state index contributed by atoms with van der Waals surface area (Å²) >= 11 is 0. The second kappa shape index (κ2) is 5.31. The summed E-state index contributed by atoms with van der Waals surface area (Å²) in [6.07, 6.45) is 0.686. The smallest absolute Gasteiger partial charge is 0.313 e. The maximum absolute atomic E-state index is 10.8. The lowest BCUT2D eigenvalue weighted by atomic mass is 10.2. The highest BCUT2D eigenvalue weighted by atomic mass is 16.6. The lowest BCUT2D eigenvalue weighted by Gasteiger charge is -2.06. The van der Waals surface area contributed by atoms with Crippen LogP contribution in [-0.2, 0) is 0 Å². The summed E-state index contributed by atoms with van der Waals surface area (Å²) in [5, 5.41) is 10.8. The van der Waals surface area contributed by atoms with E-state index in [1.807, 2.05) is 0 Å². The summed E-state index contributed by atoms with van der Waals surface area (Å²) in [5.74, 6) is 0.313. The van der Waals surface area contributed by atoms with Crippen molar-refractivity contribution in [3.05, 3.63) is 33.9 Å². The molecule has 0 spiro atoms. The number of nitro groups is 1. The summed E-state index contributed by atoms with van der Waals surface area (Å²) in [5.41, 5.74) is 5.95. The van der Waals surface area contributed by atoms with E-state index in [1.54, 1.807) is 25.1 Å². The third-order valence-corrected chi connectivity index (χ3v) is 1.99. The molecular weight excluding hydrogens is 196 g/mol. The normalized spacial score (nSPS) is 10.0. The zero-order valence-corrected chi connectivity index (χ0v) is 8.60. The molecule has 0 unspecified atom stereocenters. The SMILES string of the molecule is Cc1cccc(OCCCN)c1[N+](=O)[O-]. The van der Waals surface area contributed by atoms with Crippen LogP contribution in [0.15, 0.2) is 18.2 Å². The molecule has 0 bridgehead atoms. The zero-order valence-electron chi connectivity index (χ0n) is 8.60. The van der Waals surface area contributed by atoms with Crippen molar-refractivity contribution in [1.29, 1.82) is 0 Å². The van der Waals surface area contributed by atoms with Gasteiger partial charge in [-0.05, 0) is 26.0 Å².